The summed E-state index contributed by atoms with van der Waals surface area (Å²) in [7, 11) is 5.86. The van der Waals surface area contributed by atoms with E-state index in [1.165, 1.54) is 0 Å². The molecule has 0 radical (unpaired) electrons. The van der Waals surface area contributed by atoms with Gasteiger partial charge in [0.05, 0.1) is 29.6 Å². The standard InChI is InChI=1S/C22H28N8O/c1-14-25-18-6-5-17(26-20(18)29(14)9-10-31-4)16-7-8-30-19(16)13-24-21(27-30)22(23)11-15(12-22)28(2)3/h5-8,13,15H,9-12,23H2,1-4H3. The van der Waals surface area contributed by atoms with Gasteiger partial charge in [-0.1, -0.05) is 0 Å². The van der Waals surface area contributed by atoms with E-state index in [9.17, 15) is 0 Å². The topological polar surface area (TPSA) is 99.4 Å². The van der Waals surface area contributed by atoms with Crippen molar-refractivity contribution in [2.24, 2.45) is 5.73 Å². The quantitative estimate of drug-likeness (QED) is 0.509. The van der Waals surface area contributed by atoms with E-state index in [1.54, 1.807) is 7.11 Å². The number of hydrogen-bond acceptors (Lipinski definition) is 7. The number of hydrogen-bond donors (Lipinski definition) is 1. The Kier molecular flexibility index (Phi) is 4.76. The third-order valence-corrected chi connectivity index (χ3v) is 6.37. The van der Waals surface area contributed by atoms with Crippen LogP contribution < -0.4 is 5.73 Å². The molecule has 0 aromatic carbocycles. The molecule has 0 spiro atoms. The van der Waals surface area contributed by atoms with Crippen molar-refractivity contribution in [1.82, 2.24) is 34.0 Å². The summed E-state index contributed by atoms with van der Waals surface area (Å²) in [6, 6.07) is 6.51. The molecule has 162 valence electrons. The van der Waals surface area contributed by atoms with Crippen LogP contribution >= 0.6 is 0 Å². The van der Waals surface area contributed by atoms with Gasteiger partial charge in [-0.2, -0.15) is 5.10 Å². The smallest absolute Gasteiger partial charge is 0.169 e. The Morgan fingerprint density at radius 3 is 2.77 bits per heavy atom. The summed E-state index contributed by atoms with van der Waals surface area (Å²) in [4.78, 5) is 16.4. The van der Waals surface area contributed by atoms with Gasteiger partial charge in [0.2, 0.25) is 0 Å². The predicted molar refractivity (Wildman–Crippen MR) is 119 cm³/mol. The first-order valence-electron chi connectivity index (χ1n) is 10.5. The van der Waals surface area contributed by atoms with Crippen molar-refractivity contribution < 1.29 is 4.74 Å². The van der Waals surface area contributed by atoms with Crippen molar-refractivity contribution >= 4 is 16.7 Å². The van der Waals surface area contributed by atoms with E-state index in [0.717, 1.165) is 46.6 Å². The number of methoxy groups -OCH3 is 1. The van der Waals surface area contributed by atoms with Gasteiger partial charge in [0.1, 0.15) is 11.3 Å². The van der Waals surface area contributed by atoms with Crippen LogP contribution in [-0.4, -0.2) is 67.9 Å². The zero-order valence-corrected chi connectivity index (χ0v) is 18.4. The Morgan fingerprint density at radius 2 is 2.03 bits per heavy atom. The number of imidazole rings is 1. The van der Waals surface area contributed by atoms with Gasteiger partial charge < -0.3 is 19.9 Å². The first-order chi connectivity index (χ1) is 14.9. The van der Waals surface area contributed by atoms with Crippen molar-refractivity contribution in [3.8, 4) is 11.3 Å². The largest absolute Gasteiger partial charge is 0.383 e. The highest BCUT2D eigenvalue weighted by atomic mass is 16.5. The van der Waals surface area contributed by atoms with Gasteiger partial charge in [0, 0.05) is 31.5 Å². The third kappa shape index (κ3) is 3.29. The van der Waals surface area contributed by atoms with E-state index in [2.05, 4.69) is 33.5 Å². The molecule has 9 nitrogen and oxygen atoms in total. The number of nitrogens with two attached hydrogens (primary N) is 1. The number of ether oxygens (including phenoxy) is 1. The minimum absolute atomic E-state index is 0.462. The van der Waals surface area contributed by atoms with Gasteiger partial charge in [0.25, 0.3) is 0 Å². The monoisotopic (exact) mass is 420 g/mol. The van der Waals surface area contributed by atoms with Gasteiger partial charge >= 0.3 is 0 Å². The molecule has 2 N–H and O–H groups in total. The van der Waals surface area contributed by atoms with Gasteiger partial charge in [-0.3, -0.25) is 0 Å². The third-order valence-electron chi connectivity index (χ3n) is 6.37. The van der Waals surface area contributed by atoms with Gasteiger partial charge in [0.15, 0.2) is 11.5 Å². The summed E-state index contributed by atoms with van der Waals surface area (Å²) in [5.74, 6) is 1.62. The summed E-state index contributed by atoms with van der Waals surface area (Å²) in [5.41, 5.74) is 10.6. The Hall–Kier alpha value is -2.88. The first kappa shape index (κ1) is 20.0. The molecule has 4 heterocycles. The van der Waals surface area contributed by atoms with Crippen molar-refractivity contribution in [2.75, 3.05) is 27.8 Å². The van der Waals surface area contributed by atoms with Crippen molar-refractivity contribution in [3.05, 3.63) is 42.2 Å². The lowest BCUT2D eigenvalue weighted by Crippen LogP contribution is -2.57. The molecule has 0 aliphatic heterocycles. The Bertz CT molecular complexity index is 1250. The fraction of sp³-hybridized carbons (Fsp3) is 0.455. The van der Waals surface area contributed by atoms with Gasteiger partial charge in [-0.05, 0) is 52.1 Å². The van der Waals surface area contributed by atoms with E-state index < -0.39 is 5.54 Å². The maximum atomic E-state index is 6.59. The predicted octanol–water partition coefficient (Wildman–Crippen LogP) is 1.97. The Morgan fingerprint density at radius 1 is 1.23 bits per heavy atom. The minimum atomic E-state index is -0.462. The summed E-state index contributed by atoms with van der Waals surface area (Å²) >= 11 is 0. The molecule has 4 aromatic rings. The molecule has 1 saturated carbocycles. The number of aromatic nitrogens is 6. The molecule has 0 unspecified atom stereocenters. The van der Waals surface area contributed by atoms with Crippen molar-refractivity contribution in [2.45, 2.75) is 37.9 Å². The molecule has 1 aliphatic rings. The SMILES string of the molecule is COCCn1c(C)nc2ccc(-c3ccn4nc(C5(N)CC(N(C)C)C5)ncc34)nc21. The molecule has 0 atom stereocenters. The maximum Gasteiger partial charge on any atom is 0.169 e. The van der Waals surface area contributed by atoms with E-state index in [0.29, 0.717) is 25.0 Å². The van der Waals surface area contributed by atoms with Crippen LogP contribution in [0.4, 0.5) is 0 Å². The van der Waals surface area contributed by atoms with Crippen molar-refractivity contribution in [1.29, 1.82) is 0 Å². The van der Waals surface area contributed by atoms with Crippen LogP contribution in [0, 0.1) is 6.92 Å². The number of rotatable bonds is 6. The second-order valence-corrected chi connectivity index (χ2v) is 8.67. The molecular formula is C22H28N8O. The minimum Gasteiger partial charge on any atom is -0.383 e. The summed E-state index contributed by atoms with van der Waals surface area (Å²) < 4.78 is 9.19. The molecule has 5 rings (SSSR count). The highest BCUT2D eigenvalue weighted by Gasteiger charge is 2.45. The van der Waals surface area contributed by atoms with E-state index >= 15 is 0 Å². The second kappa shape index (κ2) is 7.37. The molecule has 0 saturated heterocycles. The van der Waals surface area contributed by atoms with Crippen LogP contribution in [0.3, 0.4) is 0 Å². The normalized spacial score (nSPS) is 21.3. The molecule has 1 fully saturated rings. The van der Waals surface area contributed by atoms with Crippen LogP contribution in [0.25, 0.3) is 27.9 Å². The molecule has 31 heavy (non-hydrogen) atoms. The van der Waals surface area contributed by atoms with Crippen molar-refractivity contribution in [3.63, 3.8) is 0 Å². The fourth-order valence-corrected chi connectivity index (χ4v) is 4.39. The summed E-state index contributed by atoms with van der Waals surface area (Å²) in [6.07, 6.45) is 5.53. The molecule has 0 bridgehead atoms. The van der Waals surface area contributed by atoms with Gasteiger partial charge in [-0.15, -0.1) is 0 Å². The molecule has 1 aliphatic carbocycles. The van der Waals surface area contributed by atoms with Gasteiger partial charge in [-0.25, -0.2) is 19.5 Å². The number of pyridine rings is 1. The lowest BCUT2D eigenvalue weighted by atomic mass is 9.72. The van der Waals surface area contributed by atoms with Crippen LogP contribution in [0.15, 0.2) is 30.6 Å². The van der Waals surface area contributed by atoms with Crippen LogP contribution in [0.5, 0.6) is 0 Å². The zero-order chi connectivity index (χ0) is 21.8. The lowest BCUT2D eigenvalue weighted by Gasteiger charge is -2.46. The average molecular weight is 421 g/mol. The van der Waals surface area contributed by atoms with E-state index in [-0.39, 0.29) is 0 Å². The molecular weight excluding hydrogens is 392 g/mol. The number of fused-ring (bicyclic) bond motifs is 2. The summed E-state index contributed by atoms with van der Waals surface area (Å²) in [5, 5.41) is 4.73. The van der Waals surface area contributed by atoms with E-state index in [1.807, 2.05) is 42.0 Å². The number of nitrogens with zero attached hydrogens (tertiary/aromatic N) is 7. The fourth-order valence-electron chi connectivity index (χ4n) is 4.39. The zero-order valence-electron chi connectivity index (χ0n) is 18.4. The number of aryl methyl sites for hydroxylation is 1. The highest BCUT2D eigenvalue weighted by Crippen LogP contribution is 2.39. The second-order valence-electron chi connectivity index (χ2n) is 8.67. The van der Waals surface area contributed by atoms with Crippen LogP contribution in [0.1, 0.15) is 24.5 Å². The molecule has 0 amide bonds. The van der Waals surface area contributed by atoms with E-state index in [4.69, 9.17) is 20.6 Å². The highest BCUT2D eigenvalue weighted by molar-refractivity contribution is 5.82. The molecule has 4 aromatic heterocycles. The first-order valence-corrected chi connectivity index (χ1v) is 10.5. The Labute approximate surface area is 180 Å². The Balaban J connectivity index is 1.50. The summed E-state index contributed by atoms with van der Waals surface area (Å²) in [6.45, 7) is 3.31. The lowest BCUT2D eigenvalue weighted by molar-refractivity contribution is 0.0865. The average Bonchev–Trinajstić information content (AvgIpc) is 3.29. The van der Waals surface area contributed by atoms with Crippen LogP contribution in [0.2, 0.25) is 0 Å². The molecule has 9 heteroatoms. The van der Waals surface area contributed by atoms with Crippen LogP contribution in [-0.2, 0) is 16.8 Å². The maximum absolute atomic E-state index is 6.59.